The number of rotatable bonds is 2. The largest absolute Gasteiger partial charge is 0.346 e. The molecule has 1 amide bonds. The van der Waals surface area contributed by atoms with Crippen molar-refractivity contribution >= 4 is 11.7 Å². The fraction of sp³-hybridized carbons (Fsp3) is 0.417. The van der Waals surface area contributed by atoms with E-state index in [2.05, 4.69) is 32.4 Å². The van der Waals surface area contributed by atoms with Crippen LogP contribution in [0.3, 0.4) is 0 Å². The van der Waals surface area contributed by atoms with Crippen molar-refractivity contribution in [3.63, 3.8) is 0 Å². The van der Waals surface area contributed by atoms with Gasteiger partial charge in [0.2, 0.25) is 5.91 Å². The Kier molecular flexibility index (Phi) is 2.43. The topological polar surface area (TPSA) is 86.5 Å². The molecule has 0 saturated carbocycles. The second-order valence-electron chi connectivity index (χ2n) is 4.55. The van der Waals surface area contributed by atoms with Gasteiger partial charge >= 0.3 is 0 Å². The average molecular weight is 245 g/mol. The molecule has 2 aromatic rings. The Hall–Kier alpha value is -2.11. The number of hydrogen-bond donors (Lipinski definition) is 3. The van der Waals surface area contributed by atoms with Gasteiger partial charge in [0, 0.05) is 30.0 Å². The van der Waals surface area contributed by atoms with Crippen molar-refractivity contribution in [2.24, 2.45) is 0 Å². The van der Waals surface area contributed by atoms with Crippen LogP contribution in [0.25, 0.3) is 0 Å². The second kappa shape index (κ2) is 3.97. The van der Waals surface area contributed by atoms with Gasteiger partial charge in [-0.15, -0.1) is 0 Å². The number of anilines is 1. The molecular formula is C12H15N5O. The lowest BCUT2D eigenvalue weighted by Crippen LogP contribution is -2.23. The van der Waals surface area contributed by atoms with Gasteiger partial charge in [0.05, 0.1) is 11.9 Å². The quantitative estimate of drug-likeness (QED) is 0.749. The first-order valence-corrected chi connectivity index (χ1v) is 6.07. The van der Waals surface area contributed by atoms with Crippen molar-refractivity contribution in [2.45, 2.75) is 32.6 Å². The molecule has 0 radical (unpaired) electrons. The average Bonchev–Trinajstić information content (AvgIpc) is 2.94. The molecule has 3 rings (SSSR count). The molecule has 6 nitrogen and oxygen atoms in total. The van der Waals surface area contributed by atoms with Crippen molar-refractivity contribution < 1.29 is 4.79 Å². The van der Waals surface area contributed by atoms with Gasteiger partial charge in [0.1, 0.15) is 11.6 Å². The molecule has 3 N–H and O–H groups in total. The highest BCUT2D eigenvalue weighted by Crippen LogP contribution is 2.36. The summed E-state index contributed by atoms with van der Waals surface area (Å²) in [5, 5.41) is 9.59. The Morgan fingerprint density at radius 2 is 2.33 bits per heavy atom. The molecule has 94 valence electrons. The predicted molar refractivity (Wildman–Crippen MR) is 66.4 cm³/mol. The summed E-state index contributed by atoms with van der Waals surface area (Å²) >= 11 is 0. The summed E-state index contributed by atoms with van der Waals surface area (Å²) in [6.45, 7) is 4.05. The highest BCUT2D eigenvalue weighted by Gasteiger charge is 2.30. The Morgan fingerprint density at radius 1 is 1.50 bits per heavy atom. The number of aromatic amines is 2. The van der Waals surface area contributed by atoms with Crippen LogP contribution < -0.4 is 5.32 Å². The van der Waals surface area contributed by atoms with Crippen molar-refractivity contribution in [3.8, 4) is 0 Å². The number of fused-ring (bicyclic) bond motifs is 1. The summed E-state index contributed by atoms with van der Waals surface area (Å²) in [4.78, 5) is 19.5. The van der Waals surface area contributed by atoms with Crippen LogP contribution in [0.5, 0.6) is 0 Å². The number of aromatic nitrogens is 4. The normalized spacial score (nSPS) is 18.6. The first kappa shape index (κ1) is 11.0. The lowest BCUT2D eigenvalue weighted by Gasteiger charge is -2.20. The standard InChI is InChI=1S/C12H15N5O/c1-3-9-14-6(2)11(15-9)7-4-10(18)16-12-8(7)5-13-17-12/h5,7H,3-4H2,1-2H3,(H,14,15)(H2,13,16,17,18). The van der Waals surface area contributed by atoms with E-state index in [0.717, 1.165) is 29.2 Å². The van der Waals surface area contributed by atoms with E-state index in [1.54, 1.807) is 6.20 Å². The minimum absolute atomic E-state index is 0.00259. The van der Waals surface area contributed by atoms with E-state index in [4.69, 9.17) is 0 Å². The number of amides is 1. The molecule has 0 bridgehead atoms. The van der Waals surface area contributed by atoms with Crippen LogP contribution in [0, 0.1) is 6.92 Å². The van der Waals surface area contributed by atoms with Crippen molar-refractivity contribution in [1.82, 2.24) is 20.2 Å². The van der Waals surface area contributed by atoms with Gasteiger partial charge in [-0.2, -0.15) is 5.10 Å². The number of imidazole rings is 1. The summed E-state index contributed by atoms with van der Waals surface area (Å²) in [6, 6.07) is 0. The zero-order chi connectivity index (χ0) is 12.7. The van der Waals surface area contributed by atoms with E-state index >= 15 is 0 Å². The molecule has 1 unspecified atom stereocenters. The maximum atomic E-state index is 11.7. The first-order chi connectivity index (χ1) is 8.69. The molecule has 1 aliphatic heterocycles. The van der Waals surface area contributed by atoms with Crippen LogP contribution >= 0.6 is 0 Å². The van der Waals surface area contributed by atoms with Gasteiger partial charge in [0.15, 0.2) is 0 Å². The SMILES string of the molecule is CCc1nc(C2CC(=O)Nc3[nH]ncc32)c(C)[nH]1. The smallest absolute Gasteiger partial charge is 0.226 e. The Morgan fingerprint density at radius 3 is 3.06 bits per heavy atom. The van der Waals surface area contributed by atoms with Gasteiger partial charge < -0.3 is 10.3 Å². The molecule has 3 heterocycles. The zero-order valence-corrected chi connectivity index (χ0v) is 10.4. The molecule has 1 aliphatic rings. The molecule has 0 spiro atoms. The van der Waals surface area contributed by atoms with Gasteiger partial charge in [-0.3, -0.25) is 9.89 Å². The fourth-order valence-corrected chi connectivity index (χ4v) is 2.43. The molecular weight excluding hydrogens is 230 g/mol. The summed E-state index contributed by atoms with van der Waals surface area (Å²) in [5.41, 5.74) is 2.98. The molecule has 2 aromatic heterocycles. The fourth-order valence-electron chi connectivity index (χ4n) is 2.43. The Labute approximate surface area is 104 Å². The molecule has 0 aromatic carbocycles. The zero-order valence-electron chi connectivity index (χ0n) is 10.4. The van der Waals surface area contributed by atoms with Crippen LogP contribution in [0.15, 0.2) is 6.20 Å². The van der Waals surface area contributed by atoms with Crippen LogP contribution in [-0.2, 0) is 11.2 Å². The number of carbonyl (C=O) groups excluding carboxylic acids is 1. The maximum absolute atomic E-state index is 11.7. The van der Waals surface area contributed by atoms with Crippen LogP contribution in [0.2, 0.25) is 0 Å². The summed E-state index contributed by atoms with van der Waals surface area (Å²) in [7, 11) is 0. The van der Waals surface area contributed by atoms with Gasteiger partial charge in [-0.1, -0.05) is 6.92 Å². The molecule has 6 heteroatoms. The van der Waals surface area contributed by atoms with Gasteiger partial charge in [-0.25, -0.2) is 4.98 Å². The molecule has 0 aliphatic carbocycles. The Balaban J connectivity index is 2.07. The third-order valence-corrected chi connectivity index (χ3v) is 3.33. The van der Waals surface area contributed by atoms with Crippen LogP contribution in [0.1, 0.15) is 42.0 Å². The molecule has 0 fully saturated rings. The van der Waals surface area contributed by atoms with Crippen LogP contribution in [0.4, 0.5) is 5.82 Å². The highest BCUT2D eigenvalue weighted by atomic mass is 16.1. The first-order valence-electron chi connectivity index (χ1n) is 6.07. The van der Waals surface area contributed by atoms with Crippen molar-refractivity contribution in [2.75, 3.05) is 5.32 Å². The summed E-state index contributed by atoms with van der Waals surface area (Å²) in [5.74, 6) is 1.64. The van der Waals surface area contributed by atoms with E-state index in [1.807, 2.05) is 6.92 Å². The third-order valence-electron chi connectivity index (χ3n) is 3.33. The third kappa shape index (κ3) is 1.61. The van der Waals surface area contributed by atoms with E-state index in [9.17, 15) is 4.79 Å². The summed E-state index contributed by atoms with van der Waals surface area (Å²) in [6.07, 6.45) is 3.04. The predicted octanol–water partition coefficient (Wildman–Crippen LogP) is 1.48. The van der Waals surface area contributed by atoms with Gasteiger partial charge in [-0.05, 0) is 6.92 Å². The van der Waals surface area contributed by atoms with E-state index in [1.165, 1.54) is 0 Å². The van der Waals surface area contributed by atoms with Gasteiger partial charge in [0.25, 0.3) is 0 Å². The Bertz CT molecular complexity index is 597. The summed E-state index contributed by atoms with van der Waals surface area (Å²) < 4.78 is 0. The number of hydrogen-bond acceptors (Lipinski definition) is 3. The number of aryl methyl sites for hydroxylation is 2. The number of H-pyrrole nitrogens is 2. The minimum Gasteiger partial charge on any atom is -0.346 e. The maximum Gasteiger partial charge on any atom is 0.226 e. The van der Waals surface area contributed by atoms with E-state index < -0.39 is 0 Å². The number of nitrogens with one attached hydrogen (secondary N) is 3. The second-order valence-corrected chi connectivity index (χ2v) is 4.55. The number of nitrogens with zero attached hydrogens (tertiary/aromatic N) is 2. The monoisotopic (exact) mass is 245 g/mol. The van der Waals surface area contributed by atoms with E-state index in [0.29, 0.717) is 12.2 Å². The van der Waals surface area contributed by atoms with Crippen molar-refractivity contribution in [1.29, 1.82) is 0 Å². The molecule has 18 heavy (non-hydrogen) atoms. The lowest BCUT2D eigenvalue weighted by atomic mass is 9.90. The molecule has 0 saturated heterocycles. The highest BCUT2D eigenvalue weighted by molar-refractivity contribution is 5.94. The van der Waals surface area contributed by atoms with Crippen LogP contribution in [-0.4, -0.2) is 26.1 Å². The molecule has 1 atom stereocenters. The van der Waals surface area contributed by atoms with Crippen molar-refractivity contribution in [3.05, 3.63) is 29.0 Å². The number of carbonyl (C=O) groups is 1. The van der Waals surface area contributed by atoms with E-state index in [-0.39, 0.29) is 11.8 Å². The minimum atomic E-state index is -0.0101. The lowest BCUT2D eigenvalue weighted by molar-refractivity contribution is -0.116.